The van der Waals surface area contributed by atoms with Crippen LogP contribution in [0.15, 0.2) is 30.5 Å². The fourth-order valence-corrected chi connectivity index (χ4v) is 2.14. The Labute approximate surface area is 120 Å². The first-order valence-electron chi connectivity index (χ1n) is 5.88. The van der Waals surface area contributed by atoms with Gasteiger partial charge in [0, 0.05) is 12.7 Å². The Kier molecular flexibility index (Phi) is 3.90. The lowest BCUT2D eigenvalue weighted by atomic mass is 10.1. The number of pyridine rings is 1. The number of nitrogens with zero attached hydrogens (tertiary/aromatic N) is 1. The number of carbonyl (C=O) groups excluding carboxylic acids is 1. The number of nitrogens with two attached hydrogens (primary N) is 1. The van der Waals surface area contributed by atoms with Crippen LogP contribution in [0.3, 0.4) is 0 Å². The lowest BCUT2D eigenvalue weighted by molar-refractivity contribution is 0.0998. The summed E-state index contributed by atoms with van der Waals surface area (Å²) in [5, 5.41) is 8.25. The van der Waals surface area contributed by atoms with E-state index in [1.165, 1.54) is 29.0 Å². The number of hydrogen-bond acceptors (Lipinski definition) is 2. The molecular formula is C14H13ClFN3O. The van der Waals surface area contributed by atoms with Crippen molar-refractivity contribution in [3.05, 3.63) is 63.5 Å². The highest BCUT2D eigenvalue weighted by molar-refractivity contribution is 6.30. The minimum absolute atomic E-state index is 0.0338. The molecule has 0 aliphatic heterocycles. The van der Waals surface area contributed by atoms with Gasteiger partial charge in [0.15, 0.2) is 0 Å². The number of carbonyl (C=O) groups is 1. The van der Waals surface area contributed by atoms with E-state index in [1.807, 2.05) is 6.92 Å². The summed E-state index contributed by atoms with van der Waals surface area (Å²) in [4.78, 5) is 11.3. The highest BCUT2D eigenvalue weighted by Crippen LogP contribution is 2.13. The van der Waals surface area contributed by atoms with Crippen molar-refractivity contribution in [1.29, 1.82) is 5.41 Å². The molecule has 1 aromatic heterocycles. The quantitative estimate of drug-likeness (QED) is 0.895. The third-order valence-electron chi connectivity index (χ3n) is 3.02. The van der Waals surface area contributed by atoms with E-state index < -0.39 is 5.91 Å². The van der Waals surface area contributed by atoms with Crippen LogP contribution in [0, 0.1) is 18.2 Å². The standard InChI is InChI=1S/C14H13ClFN3O/c1-8-2-3-11(16)4-9(8)6-19-7-10(15)5-12(13(19)17)14(18)20/h2-5,7,17H,6H2,1H3,(H2,18,20). The van der Waals surface area contributed by atoms with Gasteiger partial charge in [0.1, 0.15) is 11.3 Å². The van der Waals surface area contributed by atoms with Gasteiger partial charge in [0.25, 0.3) is 5.91 Å². The molecule has 3 N–H and O–H groups in total. The van der Waals surface area contributed by atoms with Crippen molar-refractivity contribution in [1.82, 2.24) is 4.57 Å². The van der Waals surface area contributed by atoms with Crippen LogP contribution in [0.5, 0.6) is 0 Å². The van der Waals surface area contributed by atoms with E-state index in [1.54, 1.807) is 6.07 Å². The molecule has 6 heteroatoms. The lowest BCUT2D eigenvalue weighted by Gasteiger charge is -2.12. The number of hydrogen-bond donors (Lipinski definition) is 2. The molecule has 0 unspecified atom stereocenters. The molecule has 1 amide bonds. The molecule has 2 aromatic rings. The first-order chi connectivity index (χ1) is 9.38. The van der Waals surface area contributed by atoms with Crippen molar-refractivity contribution in [3.63, 3.8) is 0 Å². The number of aryl methyl sites for hydroxylation is 1. The maximum Gasteiger partial charge on any atom is 0.252 e. The van der Waals surface area contributed by atoms with E-state index in [-0.39, 0.29) is 23.4 Å². The second kappa shape index (κ2) is 5.46. The van der Waals surface area contributed by atoms with Crippen LogP contribution in [0.25, 0.3) is 0 Å². The van der Waals surface area contributed by atoms with Gasteiger partial charge in [0.2, 0.25) is 0 Å². The smallest absolute Gasteiger partial charge is 0.252 e. The van der Waals surface area contributed by atoms with Gasteiger partial charge < -0.3 is 10.3 Å². The number of halogens is 2. The van der Waals surface area contributed by atoms with Gasteiger partial charge in [-0.2, -0.15) is 0 Å². The number of benzene rings is 1. The zero-order chi connectivity index (χ0) is 14.9. The largest absolute Gasteiger partial charge is 0.365 e. The Hall–Kier alpha value is -2.14. The highest BCUT2D eigenvalue weighted by atomic mass is 35.5. The predicted molar refractivity (Wildman–Crippen MR) is 74.1 cm³/mol. The van der Waals surface area contributed by atoms with Gasteiger partial charge in [-0.25, -0.2) is 4.39 Å². The van der Waals surface area contributed by atoms with Gasteiger partial charge in [-0.3, -0.25) is 10.2 Å². The van der Waals surface area contributed by atoms with Crippen molar-refractivity contribution in [2.75, 3.05) is 0 Å². The van der Waals surface area contributed by atoms with Gasteiger partial charge in [-0.1, -0.05) is 17.7 Å². The molecule has 0 aliphatic rings. The Morgan fingerprint density at radius 3 is 2.80 bits per heavy atom. The van der Waals surface area contributed by atoms with Crippen LogP contribution in [0.1, 0.15) is 21.5 Å². The topological polar surface area (TPSA) is 71.9 Å². The Balaban J connectivity index is 2.51. The summed E-state index contributed by atoms with van der Waals surface area (Å²) in [6.45, 7) is 2.09. The van der Waals surface area contributed by atoms with Gasteiger partial charge >= 0.3 is 0 Å². The zero-order valence-corrected chi connectivity index (χ0v) is 11.5. The zero-order valence-electron chi connectivity index (χ0n) is 10.8. The second-order valence-electron chi connectivity index (χ2n) is 4.48. The number of nitrogens with one attached hydrogen (secondary N) is 1. The molecule has 0 bridgehead atoms. The lowest BCUT2D eigenvalue weighted by Crippen LogP contribution is -2.30. The molecule has 0 spiro atoms. The molecule has 104 valence electrons. The van der Waals surface area contributed by atoms with E-state index in [2.05, 4.69) is 0 Å². The van der Waals surface area contributed by atoms with Gasteiger partial charge in [-0.05, 0) is 36.2 Å². The van der Waals surface area contributed by atoms with Crippen molar-refractivity contribution in [2.45, 2.75) is 13.5 Å². The minimum atomic E-state index is -0.720. The number of primary amides is 1. The fourth-order valence-electron chi connectivity index (χ4n) is 1.92. The Morgan fingerprint density at radius 2 is 2.15 bits per heavy atom. The van der Waals surface area contributed by atoms with Crippen LogP contribution in [-0.4, -0.2) is 10.5 Å². The van der Waals surface area contributed by atoms with E-state index >= 15 is 0 Å². The first kappa shape index (κ1) is 14.3. The summed E-state index contributed by atoms with van der Waals surface area (Å²) in [5.74, 6) is -1.07. The highest BCUT2D eigenvalue weighted by Gasteiger charge is 2.09. The van der Waals surface area contributed by atoms with E-state index in [0.717, 1.165) is 5.56 Å². The third-order valence-corrected chi connectivity index (χ3v) is 3.23. The van der Waals surface area contributed by atoms with Gasteiger partial charge in [-0.15, -0.1) is 0 Å². The third kappa shape index (κ3) is 2.88. The van der Waals surface area contributed by atoms with Crippen LogP contribution >= 0.6 is 11.6 Å². The fraction of sp³-hybridized carbons (Fsp3) is 0.143. The normalized spacial score (nSPS) is 10.6. The maximum absolute atomic E-state index is 13.3. The molecule has 0 atom stereocenters. The van der Waals surface area contributed by atoms with Crippen LogP contribution < -0.4 is 11.2 Å². The number of rotatable bonds is 3. The van der Waals surface area contributed by atoms with Crippen molar-refractivity contribution < 1.29 is 9.18 Å². The molecular weight excluding hydrogens is 281 g/mol. The average Bonchev–Trinajstić information content (AvgIpc) is 2.37. The molecule has 0 radical (unpaired) electrons. The summed E-state index contributed by atoms with van der Waals surface area (Å²) < 4.78 is 14.7. The van der Waals surface area contributed by atoms with Crippen LogP contribution in [-0.2, 0) is 6.54 Å². The summed E-state index contributed by atoms with van der Waals surface area (Å²) in [6, 6.07) is 5.78. The molecule has 1 aromatic carbocycles. The van der Waals surface area contributed by atoms with Crippen molar-refractivity contribution in [2.24, 2.45) is 5.73 Å². The molecule has 0 fully saturated rings. The molecule has 2 rings (SSSR count). The number of aromatic nitrogens is 1. The van der Waals surface area contributed by atoms with Crippen molar-refractivity contribution >= 4 is 17.5 Å². The SMILES string of the molecule is Cc1ccc(F)cc1Cn1cc(Cl)cc(C(N)=O)c1=N. The average molecular weight is 294 g/mol. The Morgan fingerprint density at radius 1 is 1.45 bits per heavy atom. The molecule has 0 aliphatic carbocycles. The van der Waals surface area contributed by atoms with Crippen molar-refractivity contribution in [3.8, 4) is 0 Å². The van der Waals surface area contributed by atoms with E-state index in [9.17, 15) is 9.18 Å². The van der Waals surface area contributed by atoms with E-state index in [0.29, 0.717) is 10.6 Å². The maximum atomic E-state index is 13.3. The number of amides is 1. The Bertz CT molecular complexity index is 740. The minimum Gasteiger partial charge on any atom is -0.365 e. The second-order valence-corrected chi connectivity index (χ2v) is 4.92. The molecule has 0 saturated heterocycles. The summed E-state index contributed by atoms with van der Waals surface area (Å²) >= 11 is 5.92. The summed E-state index contributed by atoms with van der Waals surface area (Å²) in [7, 11) is 0. The summed E-state index contributed by atoms with van der Waals surface area (Å²) in [5.41, 5.74) is 6.79. The first-order valence-corrected chi connectivity index (χ1v) is 6.25. The predicted octanol–water partition coefficient (Wildman–Crippen LogP) is 2.22. The summed E-state index contributed by atoms with van der Waals surface area (Å²) in [6.07, 6.45) is 1.51. The monoisotopic (exact) mass is 293 g/mol. The van der Waals surface area contributed by atoms with Gasteiger partial charge in [0.05, 0.1) is 10.6 Å². The molecule has 4 nitrogen and oxygen atoms in total. The molecule has 20 heavy (non-hydrogen) atoms. The molecule has 1 heterocycles. The van der Waals surface area contributed by atoms with E-state index in [4.69, 9.17) is 22.7 Å². The van der Waals surface area contributed by atoms with Crippen LogP contribution in [0.4, 0.5) is 4.39 Å². The van der Waals surface area contributed by atoms with Crippen LogP contribution in [0.2, 0.25) is 5.02 Å². The molecule has 0 saturated carbocycles.